The van der Waals surface area contributed by atoms with E-state index in [1.54, 1.807) is 17.4 Å². The fraction of sp³-hybridized carbons (Fsp3) is 0. The number of nitrogens with one attached hydrogen (secondary N) is 2. The van der Waals surface area contributed by atoms with Crippen LogP contribution in [0.4, 0.5) is 19.3 Å². The van der Waals surface area contributed by atoms with Gasteiger partial charge in [0, 0.05) is 11.8 Å². The van der Waals surface area contributed by atoms with Gasteiger partial charge in [-0.05, 0) is 36.4 Å². The second-order valence-electron chi connectivity index (χ2n) is 5.69. The van der Waals surface area contributed by atoms with Gasteiger partial charge in [0.2, 0.25) is 0 Å². The molecule has 0 aliphatic heterocycles. The SMILES string of the molecule is O=C(NC(=O)c1c(F)cccc1F)Nc1ccc(-c2ccc(Cl)cn2)c(Cl)c1O. The molecule has 0 atom stereocenters. The number of aromatic nitrogens is 1. The molecule has 0 saturated heterocycles. The standard InChI is InChI=1S/C19H11Cl2F2N3O3/c20-9-4-6-13(24-8-9)10-5-7-14(17(27)16(10)21)25-19(29)26-18(28)15-11(22)2-1-3-12(15)23/h1-8,27H,(H2,25,26,28,29). The van der Waals surface area contributed by atoms with Crippen LogP contribution in [-0.2, 0) is 0 Å². The van der Waals surface area contributed by atoms with E-state index in [4.69, 9.17) is 23.2 Å². The van der Waals surface area contributed by atoms with Crippen LogP contribution in [-0.4, -0.2) is 22.0 Å². The lowest BCUT2D eigenvalue weighted by Crippen LogP contribution is -2.35. The summed E-state index contributed by atoms with van der Waals surface area (Å²) in [4.78, 5) is 28.0. The van der Waals surface area contributed by atoms with Gasteiger partial charge in [0.1, 0.15) is 17.2 Å². The molecule has 10 heteroatoms. The van der Waals surface area contributed by atoms with E-state index in [1.807, 2.05) is 0 Å². The average molecular weight is 438 g/mol. The van der Waals surface area contributed by atoms with Gasteiger partial charge in [-0.1, -0.05) is 29.3 Å². The number of hydrogen-bond acceptors (Lipinski definition) is 4. The Morgan fingerprint density at radius 3 is 2.31 bits per heavy atom. The first-order valence-electron chi connectivity index (χ1n) is 7.97. The van der Waals surface area contributed by atoms with Crippen LogP contribution in [0, 0.1) is 11.6 Å². The third kappa shape index (κ3) is 4.44. The molecule has 3 rings (SSSR count). The summed E-state index contributed by atoms with van der Waals surface area (Å²) in [6.45, 7) is 0. The van der Waals surface area contributed by atoms with Crippen molar-refractivity contribution < 1.29 is 23.5 Å². The minimum absolute atomic E-state index is 0.107. The van der Waals surface area contributed by atoms with E-state index in [1.165, 1.54) is 18.3 Å². The average Bonchev–Trinajstić information content (AvgIpc) is 2.66. The van der Waals surface area contributed by atoms with Crippen molar-refractivity contribution in [1.29, 1.82) is 0 Å². The number of pyridine rings is 1. The highest BCUT2D eigenvalue weighted by atomic mass is 35.5. The van der Waals surface area contributed by atoms with Crippen molar-refractivity contribution in [3.05, 3.63) is 75.9 Å². The predicted octanol–water partition coefficient (Wildman–Crippen LogP) is 5.00. The number of halogens is 4. The first kappa shape index (κ1) is 20.5. The number of hydrogen-bond donors (Lipinski definition) is 3. The molecule has 148 valence electrons. The van der Waals surface area contributed by atoms with Crippen LogP contribution in [0.5, 0.6) is 5.75 Å². The van der Waals surface area contributed by atoms with Gasteiger partial charge in [-0.25, -0.2) is 13.6 Å². The monoisotopic (exact) mass is 437 g/mol. The number of aromatic hydroxyl groups is 1. The molecular weight excluding hydrogens is 427 g/mol. The van der Waals surface area contributed by atoms with Crippen molar-refractivity contribution in [2.24, 2.45) is 0 Å². The van der Waals surface area contributed by atoms with Crippen molar-refractivity contribution in [2.75, 3.05) is 5.32 Å². The van der Waals surface area contributed by atoms with Crippen molar-refractivity contribution in [2.45, 2.75) is 0 Å². The summed E-state index contributed by atoms with van der Waals surface area (Å²) in [5.74, 6) is -4.02. The maximum absolute atomic E-state index is 13.6. The number of benzene rings is 2. The van der Waals surface area contributed by atoms with Crippen LogP contribution < -0.4 is 10.6 Å². The van der Waals surface area contributed by atoms with E-state index in [0.717, 1.165) is 18.2 Å². The number of carbonyl (C=O) groups is 2. The van der Waals surface area contributed by atoms with Crippen LogP contribution in [0.3, 0.4) is 0 Å². The van der Waals surface area contributed by atoms with E-state index in [9.17, 15) is 23.5 Å². The summed E-state index contributed by atoms with van der Waals surface area (Å²) < 4.78 is 27.2. The van der Waals surface area contributed by atoms with Gasteiger partial charge >= 0.3 is 6.03 Å². The fourth-order valence-corrected chi connectivity index (χ4v) is 2.81. The minimum atomic E-state index is -1.29. The number of rotatable bonds is 3. The predicted molar refractivity (Wildman–Crippen MR) is 104 cm³/mol. The molecule has 0 aliphatic rings. The maximum atomic E-state index is 13.6. The summed E-state index contributed by atoms with van der Waals surface area (Å²) in [7, 11) is 0. The van der Waals surface area contributed by atoms with Crippen molar-refractivity contribution in [3.8, 4) is 17.0 Å². The largest absolute Gasteiger partial charge is 0.504 e. The summed E-state index contributed by atoms with van der Waals surface area (Å²) in [6.07, 6.45) is 1.40. The van der Waals surface area contributed by atoms with Gasteiger partial charge in [-0.3, -0.25) is 15.1 Å². The molecule has 2 aromatic carbocycles. The normalized spacial score (nSPS) is 10.5. The summed E-state index contributed by atoms with van der Waals surface area (Å²) in [5, 5.41) is 14.5. The zero-order chi connectivity index (χ0) is 21.1. The molecule has 3 aromatic rings. The van der Waals surface area contributed by atoms with Gasteiger partial charge in [-0.15, -0.1) is 0 Å². The second kappa shape index (κ2) is 8.42. The molecule has 3 N–H and O–H groups in total. The lowest BCUT2D eigenvalue weighted by molar-refractivity contribution is 0.0959. The highest BCUT2D eigenvalue weighted by molar-refractivity contribution is 6.35. The molecule has 0 spiro atoms. The Kier molecular flexibility index (Phi) is 5.95. The van der Waals surface area contributed by atoms with Crippen LogP contribution >= 0.6 is 23.2 Å². The Hall–Kier alpha value is -3.23. The highest BCUT2D eigenvalue weighted by Crippen LogP contribution is 2.39. The molecule has 29 heavy (non-hydrogen) atoms. The number of urea groups is 1. The molecule has 0 unspecified atom stereocenters. The molecule has 0 fully saturated rings. The number of nitrogens with zero attached hydrogens (tertiary/aromatic N) is 1. The van der Waals surface area contributed by atoms with Gasteiger partial charge in [0.25, 0.3) is 5.91 Å². The lowest BCUT2D eigenvalue weighted by Gasteiger charge is -2.12. The number of imide groups is 1. The van der Waals surface area contributed by atoms with Gasteiger partial charge < -0.3 is 10.4 Å². The summed E-state index contributed by atoms with van der Waals surface area (Å²) in [6, 6.07) is 7.69. The Bertz CT molecular complexity index is 1090. The molecule has 1 aromatic heterocycles. The molecule has 0 aliphatic carbocycles. The number of anilines is 1. The number of carbonyl (C=O) groups excluding carboxylic acids is 2. The van der Waals surface area contributed by atoms with E-state index in [0.29, 0.717) is 16.3 Å². The molecule has 6 nitrogen and oxygen atoms in total. The molecule has 1 heterocycles. The Labute approximate surface area is 173 Å². The van der Waals surface area contributed by atoms with E-state index < -0.39 is 34.9 Å². The second-order valence-corrected chi connectivity index (χ2v) is 6.50. The minimum Gasteiger partial charge on any atom is -0.504 e. The van der Waals surface area contributed by atoms with Crippen molar-refractivity contribution in [3.63, 3.8) is 0 Å². The maximum Gasteiger partial charge on any atom is 0.326 e. The third-order valence-electron chi connectivity index (χ3n) is 3.78. The van der Waals surface area contributed by atoms with Crippen LogP contribution in [0.25, 0.3) is 11.3 Å². The Morgan fingerprint density at radius 1 is 1.00 bits per heavy atom. The van der Waals surface area contributed by atoms with Crippen LogP contribution in [0.2, 0.25) is 10.0 Å². The number of phenols is 1. The van der Waals surface area contributed by atoms with Gasteiger partial charge in [-0.2, -0.15) is 0 Å². The van der Waals surface area contributed by atoms with Gasteiger partial charge in [0.15, 0.2) is 5.75 Å². The quantitative estimate of drug-likeness (QED) is 0.502. The molecular formula is C19H11Cl2F2N3O3. The highest BCUT2D eigenvalue weighted by Gasteiger charge is 2.20. The summed E-state index contributed by atoms with van der Waals surface area (Å²) in [5.41, 5.74) is -0.242. The lowest BCUT2D eigenvalue weighted by atomic mass is 10.1. The summed E-state index contributed by atoms with van der Waals surface area (Å²) >= 11 is 11.9. The van der Waals surface area contributed by atoms with Gasteiger partial charge in [0.05, 0.1) is 21.4 Å². The van der Waals surface area contributed by atoms with E-state index in [-0.39, 0.29) is 10.7 Å². The first-order valence-corrected chi connectivity index (χ1v) is 8.73. The molecule has 0 radical (unpaired) electrons. The molecule has 0 bridgehead atoms. The zero-order valence-corrected chi connectivity index (χ0v) is 15.9. The van der Waals surface area contributed by atoms with Crippen LogP contribution in [0.1, 0.15) is 10.4 Å². The first-order chi connectivity index (χ1) is 13.8. The Balaban J connectivity index is 1.78. The number of phenolic OH excluding ortho intramolecular Hbond substituents is 1. The smallest absolute Gasteiger partial charge is 0.326 e. The molecule has 0 saturated carbocycles. The fourth-order valence-electron chi connectivity index (χ4n) is 2.43. The van der Waals surface area contributed by atoms with Crippen LogP contribution in [0.15, 0.2) is 48.7 Å². The topological polar surface area (TPSA) is 91.3 Å². The zero-order valence-electron chi connectivity index (χ0n) is 14.3. The van der Waals surface area contributed by atoms with E-state index in [2.05, 4.69) is 10.3 Å². The number of amides is 3. The van der Waals surface area contributed by atoms with Crippen molar-refractivity contribution >= 4 is 40.8 Å². The molecule has 3 amide bonds. The van der Waals surface area contributed by atoms with E-state index >= 15 is 0 Å². The van der Waals surface area contributed by atoms with Crippen molar-refractivity contribution in [1.82, 2.24) is 10.3 Å². The third-order valence-corrected chi connectivity index (χ3v) is 4.39. The Morgan fingerprint density at radius 2 is 1.69 bits per heavy atom.